The van der Waals surface area contributed by atoms with Crippen LogP contribution in [0.3, 0.4) is 0 Å². The van der Waals surface area contributed by atoms with E-state index in [-0.39, 0.29) is 5.43 Å². The van der Waals surface area contributed by atoms with Crippen LogP contribution in [0.15, 0.2) is 29.1 Å². The first-order valence-corrected chi connectivity index (χ1v) is 4.88. The Kier molecular flexibility index (Phi) is 2.50. The Hall–Kier alpha value is -1.35. The molecule has 0 amide bonds. The minimum absolute atomic E-state index is 0.0278. The van der Waals surface area contributed by atoms with E-state index >= 15 is 0 Å². The maximum atomic E-state index is 11.8. The van der Waals surface area contributed by atoms with E-state index in [2.05, 4.69) is 10.2 Å². The van der Waals surface area contributed by atoms with Crippen LogP contribution in [0.25, 0.3) is 10.9 Å². The number of para-hydroxylation sites is 1. The van der Waals surface area contributed by atoms with Gasteiger partial charge in [-0.3, -0.25) is 9.89 Å². The van der Waals surface area contributed by atoms with E-state index in [1.807, 2.05) is 18.2 Å². The second-order valence-electron chi connectivity index (χ2n) is 2.98. The first kappa shape index (κ1) is 9.21. The third-order valence-corrected chi connectivity index (χ3v) is 2.27. The highest BCUT2D eigenvalue weighted by Crippen LogP contribution is 2.05. The number of nitrogens with zero attached hydrogens (tertiary/aromatic N) is 1. The van der Waals surface area contributed by atoms with E-state index < -0.39 is 0 Å². The summed E-state index contributed by atoms with van der Waals surface area (Å²) in [4.78, 5) is 11.8. The van der Waals surface area contributed by atoms with Crippen LogP contribution in [0.4, 0.5) is 0 Å². The predicted molar refractivity (Wildman–Crippen MR) is 56.8 cm³/mol. The molecular weight excluding hydrogens is 200 g/mol. The number of benzene rings is 1. The van der Waals surface area contributed by atoms with Crippen LogP contribution < -0.4 is 5.43 Å². The van der Waals surface area contributed by atoms with Gasteiger partial charge < -0.3 is 0 Å². The molecule has 0 aliphatic rings. The number of nitrogens with one attached hydrogen (secondary N) is 1. The van der Waals surface area contributed by atoms with Gasteiger partial charge in [0.1, 0.15) is 5.69 Å². The van der Waals surface area contributed by atoms with E-state index in [1.165, 1.54) is 0 Å². The van der Waals surface area contributed by atoms with E-state index in [4.69, 9.17) is 11.6 Å². The molecule has 1 aromatic carbocycles. The van der Waals surface area contributed by atoms with Crippen LogP contribution in [0.5, 0.6) is 0 Å². The van der Waals surface area contributed by atoms with Crippen molar-refractivity contribution in [3.05, 3.63) is 40.2 Å². The number of hydrogen-bond donors (Lipinski definition) is 1. The lowest BCUT2D eigenvalue weighted by Gasteiger charge is -1.99. The maximum absolute atomic E-state index is 11.8. The molecule has 1 aromatic heterocycles. The first-order chi connectivity index (χ1) is 6.83. The fraction of sp³-hybridized carbons (Fsp3) is 0.200. The Balaban J connectivity index is 2.69. The minimum Gasteiger partial charge on any atom is -0.287 e. The van der Waals surface area contributed by atoms with Gasteiger partial charge in [-0.1, -0.05) is 12.1 Å². The van der Waals surface area contributed by atoms with Crippen LogP contribution in [0, 0.1) is 0 Å². The molecule has 0 radical (unpaired) electrons. The molecule has 0 aliphatic heterocycles. The summed E-state index contributed by atoms with van der Waals surface area (Å²) in [7, 11) is 0. The number of hydrogen-bond acceptors (Lipinski definition) is 2. The summed E-state index contributed by atoms with van der Waals surface area (Å²) in [5.41, 5.74) is 1.23. The number of fused-ring (bicyclic) bond motifs is 1. The molecule has 0 aliphatic carbocycles. The lowest BCUT2D eigenvalue weighted by Crippen LogP contribution is -2.13. The van der Waals surface area contributed by atoms with Crippen molar-refractivity contribution in [2.24, 2.45) is 0 Å². The zero-order chi connectivity index (χ0) is 9.97. The van der Waals surface area contributed by atoms with Crippen molar-refractivity contribution >= 4 is 22.5 Å². The summed E-state index contributed by atoms with van der Waals surface area (Å²) in [5, 5.41) is 7.48. The molecule has 72 valence electrons. The summed E-state index contributed by atoms with van der Waals surface area (Å²) < 4.78 is 0. The molecule has 0 unspecified atom stereocenters. The Morgan fingerprint density at radius 1 is 1.36 bits per heavy atom. The topological polar surface area (TPSA) is 45.8 Å². The highest BCUT2D eigenvalue weighted by atomic mass is 35.5. The largest absolute Gasteiger partial charge is 0.287 e. The third kappa shape index (κ3) is 1.51. The van der Waals surface area contributed by atoms with Gasteiger partial charge in [-0.15, -0.1) is 11.6 Å². The van der Waals surface area contributed by atoms with Crippen molar-refractivity contribution in [1.82, 2.24) is 10.2 Å². The highest BCUT2D eigenvalue weighted by Gasteiger charge is 2.04. The molecule has 0 saturated carbocycles. The van der Waals surface area contributed by atoms with Crippen molar-refractivity contribution in [2.75, 3.05) is 5.88 Å². The van der Waals surface area contributed by atoms with Crippen LogP contribution in [-0.4, -0.2) is 16.1 Å². The maximum Gasteiger partial charge on any atom is 0.211 e. The molecule has 0 atom stereocenters. The average Bonchev–Trinajstić information content (AvgIpc) is 2.23. The number of aromatic amines is 1. The van der Waals surface area contributed by atoms with E-state index in [0.29, 0.717) is 23.4 Å². The van der Waals surface area contributed by atoms with Gasteiger partial charge in [0, 0.05) is 17.7 Å². The molecule has 2 rings (SSSR count). The number of rotatable bonds is 2. The zero-order valence-corrected chi connectivity index (χ0v) is 8.21. The minimum atomic E-state index is -0.0278. The standard InChI is InChI=1S/C10H9ClN2O/c11-6-5-9-10(14)7-3-1-2-4-8(7)12-13-9/h1-4H,5-6H2,(H,12,14). The van der Waals surface area contributed by atoms with Crippen LogP contribution >= 0.6 is 11.6 Å². The van der Waals surface area contributed by atoms with E-state index in [0.717, 1.165) is 5.52 Å². The van der Waals surface area contributed by atoms with Gasteiger partial charge >= 0.3 is 0 Å². The molecular formula is C10H9ClN2O. The SMILES string of the molecule is O=c1c(CCCl)n[nH]c2ccccc12. The van der Waals surface area contributed by atoms with Gasteiger partial charge in [-0.25, -0.2) is 0 Å². The zero-order valence-electron chi connectivity index (χ0n) is 7.46. The number of halogens is 1. The molecule has 0 spiro atoms. The fourth-order valence-corrected chi connectivity index (χ4v) is 1.55. The van der Waals surface area contributed by atoms with Gasteiger partial charge in [0.05, 0.1) is 5.52 Å². The Morgan fingerprint density at radius 2 is 2.14 bits per heavy atom. The Labute approximate surface area is 85.7 Å². The molecule has 4 heteroatoms. The van der Waals surface area contributed by atoms with Crippen molar-refractivity contribution in [2.45, 2.75) is 6.42 Å². The van der Waals surface area contributed by atoms with Gasteiger partial charge in [-0.05, 0) is 12.1 Å². The molecule has 14 heavy (non-hydrogen) atoms. The number of H-pyrrole nitrogens is 1. The molecule has 3 nitrogen and oxygen atoms in total. The molecule has 2 aromatic rings. The van der Waals surface area contributed by atoms with Crippen LogP contribution in [0.2, 0.25) is 0 Å². The lowest BCUT2D eigenvalue weighted by atomic mass is 10.2. The molecule has 1 heterocycles. The first-order valence-electron chi connectivity index (χ1n) is 4.35. The summed E-state index contributed by atoms with van der Waals surface area (Å²) >= 11 is 5.57. The van der Waals surface area contributed by atoms with Gasteiger partial charge in [-0.2, -0.15) is 5.10 Å². The molecule has 0 saturated heterocycles. The van der Waals surface area contributed by atoms with Gasteiger partial charge in [0.15, 0.2) is 0 Å². The fourth-order valence-electron chi connectivity index (χ4n) is 1.37. The van der Waals surface area contributed by atoms with E-state index in [9.17, 15) is 4.79 Å². The second kappa shape index (κ2) is 3.80. The Morgan fingerprint density at radius 3 is 2.93 bits per heavy atom. The normalized spacial score (nSPS) is 10.6. The molecule has 0 bridgehead atoms. The number of alkyl halides is 1. The smallest absolute Gasteiger partial charge is 0.211 e. The monoisotopic (exact) mass is 208 g/mol. The predicted octanol–water partition coefficient (Wildman–Crippen LogP) is 1.70. The van der Waals surface area contributed by atoms with Crippen molar-refractivity contribution in [1.29, 1.82) is 0 Å². The Bertz CT molecular complexity index is 507. The lowest BCUT2D eigenvalue weighted by molar-refractivity contribution is 0.933. The summed E-state index contributed by atoms with van der Waals surface area (Å²) in [6, 6.07) is 7.31. The van der Waals surface area contributed by atoms with Gasteiger partial charge in [0.25, 0.3) is 0 Å². The summed E-state index contributed by atoms with van der Waals surface area (Å²) in [6.07, 6.45) is 0.502. The summed E-state index contributed by atoms with van der Waals surface area (Å²) in [5.74, 6) is 0.411. The number of aryl methyl sites for hydroxylation is 1. The second-order valence-corrected chi connectivity index (χ2v) is 3.36. The van der Waals surface area contributed by atoms with E-state index in [1.54, 1.807) is 6.07 Å². The molecule has 0 fully saturated rings. The molecule has 1 N–H and O–H groups in total. The van der Waals surface area contributed by atoms with Crippen LogP contribution in [0.1, 0.15) is 5.69 Å². The van der Waals surface area contributed by atoms with Crippen LogP contribution in [-0.2, 0) is 6.42 Å². The summed E-state index contributed by atoms with van der Waals surface area (Å²) in [6.45, 7) is 0. The van der Waals surface area contributed by atoms with Crippen molar-refractivity contribution in [3.8, 4) is 0 Å². The third-order valence-electron chi connectivity index (χ3n) is 2.08. The van der Waals surface area contributed by atoms with Crippen molar-refractivity contribution < 1.29 is 0 Å². The quantitative estimate of drug-likeness (QED) is 0.764. The van der Waals surface area contributed by atoms with Gasteiger partial charge in [0.2, 0.25) is 5.43 Å². The number of aromatic nitrogens is 2. The van der Waals surface area contributed by atoms with Crippen molar-refractivity contribution in [3.63, 3.8) is 0 Å². The average molecular weight is 209 g/mol. The highest BCUT2D eigenvalue weighted by molar-refractivity contribution is 6.17.